The maximum absolute atomic E-state index is 12.0. The van der Waals surface area contributed by atoms with Crippen LogP contribution in [0.15, 0.2) is 41.5 Å². The molecule has 1 heterocycles. The third kappa shape index (κ3) is 2.12. The van der Waals surface area contributed by atoms with Gasteiger partial charge in [-0.15, -0.1) is 5.10 Å². The number of para-hydroxylation sites is 1. The van der Waals surface area contributed by atoms with E-state index in [9.17, 15) is 4.79 Å². The molecule has 21 heavy (non-hydrogen) atoms. The summed E-state index contributed by atoms with van der Waals surface area (Å²) in [6.07, 6.45) is 6.45. The first-order valence-corrected chi connectivity index (χ1v) is 7.11. The van der Waals surface area contributed by atoms with Gasteiger partial charge in [-0.1, -0.05) is 29.5 Å². The fourth-order valence-electron chi connectivity index (χ4n) is 3.00. The molecule has 1 aromatic carbocycles. The van der Waals surface area contributed by atoms with Gasteiger partial charge in [-0.05, 0) is 30.9 Å². The van der Waals surface area contributed by atoms with Gasteiger partial charge in [0.15, 0.2) is 0 Å². The van der Waals surface area contributed by atoms with Gasteiger partial charge in [-0.3, -0.25) is 4.79 Å². The average molecular weight is 281 g/mol. The first-order valence-electron chi connectivity index (χ1n) is 7.11. The van der Waals surface area contributed by atoms with Crippen LogP contribution in [0.2, 0.25) is 0 Å². The van der Waals surface area contributed by atoms with Gasteiger partial charge in [0.2, 0.25) is 0 Å². The zero-order valence-corrected chi connectivity index (χ0v) is 11.4. The van der Waals surface area contributed by atoms with E-state index in [0.717, 1.165) is 29.6 Å². The molecule has 4 rings (SSSR count). The lowest BCUT2D eigenvalue weighted by atomic mass is 9.74. The van der Waals surface area contributed by atoms with Gasteiger partial charge in [-0.25, -0.2) is 10.1 Å². The first kappa shape index (κ1) is 12.3. The molecule has 0 spiro atoms. The predicted molar refractivity (Wildman–Crippen MR) is 78.5 cm³/mol. The van der Waals surface area contributed by atoms with E-state index in [4.69, 9.17) is 0 Å². The minimum atomic E-state index is -0.174. The zero-order valence-electron chi connectivity index (χ0n) is 11.4. The Kier molecular flexibility index (Phi) is 2.80. The molecule has 0 aliphatic heterocycles. The van der Waals surface area contributed by atoms with Gasteiger partial charge < -0.3 is 0 Å². The van der Waals surface area contributed by atoms with Crippen molar-refractivity contribution >= 4 is 22.7 Å². The number of rotatable bonds is 3. The highest BCUT2D eigenvalue weighted by atomic mass is 16.2. The van der Waals surface area contributed by atoms with Gasteiger partial charge in [0, 0.05) is 11.6 Å². The number of amides is 1. The quantitative estimate of drug-likeness (QED) is 0.684. The third-order valence-electron chi connectivity index (χ3n) is 4.20. The number of hydrazone groups is 1. The van der Waals surface area contributed by atoms with Crippen LogP contribution in [-0.2, 0) is 11.3 Å². The maximum atomic E-state index is 12.0. The second kappa shape index (κ2) is 4.80. The van der Waals surface area contributed by atoms with E-state index >= 15 is 0 Å². The van der Waals surface area contributed by atoms with Crippen molar-refractivity contribution in [2.75, 3.05) is 0 Å². The molecule has 1 fully saturated rings. The summed E-state index contributed by atoms with van der Waals surface area (Å²) in [7, 11) is 0. The van der Waals surface area contributed by atoms with Crippen LogP contribution in [0.3, 0.4) is 0 Å². The number of allylic oxidation sites excluding steroid dienone is 2. The zero-order chi connectivity index (χ0) is 14.2. The summed E-state index contributed by atoms with van der Waals surface area (Å²) in [5.41, 5.74) is 5.37. The third-order valence-corrected chi connectivity index (χ3v) is 4.20. The topological polar surface area (TPSA) is 72.2 Å². The van der Waals surface area contributed by atoms with Gasteiger partial charge in [-0.2, -0.15) is 5.10 Å². The summed E-state index contributed by atoms with van der Waals surface area (Å²) in [5.74, 6) is 0.977. The van der Waals surface area contributed by atoms with Crippen LogP contribution in [0.1, 0.15) is 12.8 Å². The van der Waals surface area contributed by atoms with Crippen LogP contribution in [0.5, 0.6) is 0 Å². The summed E-state index contributed by atoms with van der Waals surface area (Å²) >= 11 is 0. The molecule has 1 amide bonds. The van der Waals surface area contributed by atoms with Crippen LogP contribution >= 0.6 is 0 Å². The number of aromatic nitrogens is 3. The smallest absolute Gasteiger partial charge is 0.261 e. The summed E-state index contributed by atoms with van der Waals surface area (Å²) in [6.45, 7) is 0.129. The summed E-state index contributed by atoms with van der Waals surface area (Å²) in [6, 6.07) is 7.58. The van der Waals surface area contributed by atoms with Crippen LogP contribution in [0, 0.1) is 11.8 Å². The highest BCUT2D eigenvalue weighted by molar-refractivity contribution is 5.94. The molecular weight excluding hydrogens is 266 g/mol. The summed E-state index contributed by atoms with van der Waals surface area (Å²) in [5, 5.41) is 12.3. The average Bonchev–Trinajstić information content (AvgIpc) is 3.04. The monoisotopic (exact) mass is 281 g/mol. The highest BCUT2D eigenvalue weighted by Crippen LogP contribution is 2.39. The van der Waals surface area contributed by atoms with E-state index in [1.807, 2.05) is 24.3 Å². The molecule has 6 heteroatoms. The van der Waals surface area contributed by atoms with Crippen LogP contribution in [0.25, 0.3) is 11.0 Å². The van der Waals surface area contributed by atoms with Gasteiger partial charge in [0.1, 0.15) is 12.1 Å². The minimum absolute atomic E-state index is 0.129. The molecule has 2 aliphatic carbocycles. The molecule has 0 bridgehead atoms. The lowest BCUT2D eigenvalue weighted by Gasteiger charge is -2.31. The number of hydrogen-bond donors (Lipinski definition) is 1. The molecule has 0 radical (unpaired) electrons. The number of benzene rings is 1. The number of carbonyl (C=O) groups excluding carboxylic acids is 1. The van der Waals surface area contributed by atoms with Crippen molar-refractivity contribution in [2.45, 2.75) is 19.4 Å². The van der Waals surface area contributed by atoms with Crippen molar-refractivity contribution in [2.24, 2.45) is 16.9 Å². The molecule has 0 unspecified atom stereocenters. The molecule has 2 aromatic rings. The summed E-state index contributed by atoms with van der Waals surface area (Å²) < 4.78 is 1.59. The molecule has 2 aliphatic rings. The number of nitrogens with one attached hydrogen (secondary N) is 1. The van der Waals surface area contributed by atoms with Crippen molar-refractivity contribution in [3.63, 3.8) is 0 Å². The van der Waals surface area contributed by atoms with Crippen molar-refractivity contribution in [1.29, 1.82) is 0 Å². The number of fused-ring (bicyclic) bond motifs is 2. The Labute approximate surface area is 121 Å². The largest absolute Gasteiger partial charge is 0.271 e. The van der Waals surface area contributed by atoms with Gasteiger partial charge >= 0.3 is 0 Å². The van der Waals surface area contributed by atoms with E-state index in [0.29, 0.717) is 11.8 Å². The van der Waals surface area contributed by atoms with Crippen molar-refractivity contribution < 1.29 is 4.79 Å². The molecule has 106 valence electrons. The lowest BCUT2D eigenvalue weighted by Crippen LogP contribution is -2.36. The van der Waals surface area contributed by atoms with Gasteiger partial charge in [0.25, 0.3) is 5.91 Å². The second-order valence-corrected chi connectivity index (χ2v) is 5.51. The SMILES string of the molecule is O=C(Cn1nnc2ccccc21)N/N=C1/C[C@H]2C=CC[C@H]12. The molecule has 1 saturated carbocycles. The van der Waals surface area contributed by atoms with Crippen LogP contribution in [0.4, 0.5) is 0 Å². The van der Waals surface area contributed by atoms with Crippen molar-refractivity contribution in [1.82, 2.24) is 20.4 Å². The Hall–Kier alpha value is -2.50. The van der Waals surface area contributed by atoms with Gasteiger partial charge in [0.05, 0.1) is 5.52 Å². The van der Waals surface area contributed by atoms with E-state index in [-0.39, 0.29) is 12.5 Å². The molecule has 1 aromatic heterocycles. The van der Waals surface area contributed by atoms with Crippen molar-refractivity contribution in [3.05, 3.63) is 36.4 Å². The molecule has 6 nitrogen and oxygen atoms in total. The van der Waals surface area contributed by atoms with E-state index in [2.05, 4.69) is 33.0 Å². The second-order valence-electron chi connectivity index (χ2n) is 5.51. The predicted octanol–water partition coefficient (Wildman–Crippen LogP) is 1.50. The van der Waals surface area contributed by atoms with E-state index < -0.39 is 0 Å². The lowest BCUT2D eigenvalue weighted by molar-refractivity contribution is -0.121. The van der Waals surface area contributed by atoms with E-state index in [1.54, 1.807) is 4.68 Å². The Balaban J connectivity index is 1.41. The maximum Gasteiger partial charge on any atom is 0.261 e. The van der Waals surface area contributed by atoms with Crippen LogP contribution in [-0.4, -0.2) is 26.6 Å². The Morgan fingerprint density at radius 1 is 1.43 bits per heavy atom. The number of nitrogens with zero attached hydrogens (tertiary/aromatic N) is 4. The van der Waals surface area contributed by atoms with Crippen molar-refractivity contribution in [3.8, 4) is 0 Å². The molecule has 1 N–H and O–H groups in total. The fraction of sp³-hybridized carbons (Fsp3) is 0.333. The standard InChI is InChI=1S/C15H15N5O/c21-15(18-16-13-8-10-4-3-5-11(10)13)9-20-14-7-2-1-6-12(14)17-19-20/h1-4,6-7,10-11H,5,8-9H2,(H,18,21)/b16-13-/t10-,11+/m1/s1. The normalized spacial score (nSPS) is 25.0. The van der Waals surface area contributed by atoms with Crippen LogP contribution < -0.4 is 5.43 Å². The Morgan fingerprint density at radius 2 is 2.33 bits per heavy atom. The summed E-state index contributed by atoms with van der Waals surface area (Å²) in [4.78, 5) is 12.0. The number of hydrogen-bond acceptors (Lipinski definition) is 4. The minimum Gasteiger partial charge on any atom is -0.271 e. The fourth-order valence-corrected chi connectivity index (χ4v) is 3.00. The first-order chi connectivity index (χ1) is 10.3. The Morgan fingerprint density at radius 3 is 3.24 bits per heavy atom. The highest BCUT2D eigenvalue weighted by Gasteiger charge is 2.37. The van der Waals surface area contributed by atoms with E-state index in [1.165, 1.54) is 0 Å². The molecular formula is C15H15N5O. The Bertz CT molecular complexity index is 760. The molecule has 0 saturated heterocycles. The molecule has 2 atom stereocenters. The number of carbonyl (C=O) groups is 1.